The molecule has 0 aromatic carbocycles. The van der Waals surface area contributed by atoms with Gasteiger partial charge in [-0.3, -0.25) is 4.90 Å². The van der Waals surface area contributed by atoms with E-state index < -0.39 is 0 Å². The highest BCUT2D eigenvalue weighted by Gasteiger charge is 2.17. The normalized spacial score (nSPS) is 21.5. The molecule has 0 aliphatic carbocycles. The summed E-state index contributed by atoms with van der Waals surface area (Å²) in [6.07, 6.45) is 6.79. The monoisotopic (exact) mass is 264 g/mol. The predicted octanol–water partition coefficient (Wildman–Crippen LogP) is 3.45. The van der Waals surface area contributed by atoms with E-state index in [2.05, 4.69) is 24.8 Å². The van der Waals surface area contributed by atoms with Crippen molar-refractivity contribution in [2.45, 2.75) is 59.0 Å². The van der Waals surface area contributed by atoms with Gasteiger partial charge in [-0.1, -0.05) is 19.8 Å². The summed E-state index contributed by atoms with van der Waals surface area (Å²) in [5.74, 6) is 2.95. The van der Waals surface area contributed by atoms with Gasteiger partial charge in [0.2, 0.25) is 0 Å². The van der Waals surface area contributed by atoms with E-state index in [-0.39, 0.29) is 0 Å². The molecule has 1 atom stereocenters. The fraction of sp³-hybridized carbons (Fsp3) is 0.750. The van der Waals surface area contributed by atoms with Crippen molar-refractivity contribution < 1.29 is 4.42 Å². The van der Waals surface area contributed by atoms with Crippen molar-refractivity contribution in [1.29, 1.82) is 0 Å². The van der Waals surface area contributed by atoms with Crippen molar-refractivity contribution in [3.05, 3.63) is 23.2 Å². The van der Waals surface area contributed by atoms with Crippen LogP contribution in [0.4, 0.5) is 0 Å². The predicted molar refractivity (Wildman–Crippen MR) is 78.9 cm³/mol. The lowest BCUT2D eigenvalue weighted by atomic mass is 9.96. The molecular formula is C16H28N2O. The third-order valence-corrected chi connectivity index (χ3v) is 4.27. The van der Waals surface area contributed by atoms with E-state index in [1.165, 1.54) is 50.8 Å². The summed E-state index contributed by atoms with van der Waals surface area (Å²) in [5.41, 5.74) is 6.86. The fourth-order valence-corrected chi connectivity index (χ4v) is 3.17. The smallest absolute Gasteiger partial charge is 0.120 e. The molecule has 1 aromatic rings. The molecule has 2 heterocycles. The van der Waals surface area contributed by atoms with Crippen molar-refractivity contribution in [2.75, 3.05) is 13.1 Å². The van der Waals surface area contributed by atoms with Crippen LogP contribution in [0.15, 0.2) is 10.5 Å². The van der Waals surface area contributed by atoms with Gasteiger partial charge in [-0.15, -0.1) is 0 Å². The standard InChI is InChI=1S/C16H28N2O/c1-3-5-14-6-4-8-18(9-7-14)12-15-10-13(2)16(11-17)19-15/h10,14H,3-9,11-12,17H2,1-2H3. The Morgan fingerprint density at radius 2 is 2.21 bits per heavy atom. The second-order valence-corrected chi connectivity index (χ2v) is 5.88. The first-order valence-corrected chi connectivity index (χ1v) is 7.73. The Morgan fingerprint density at radius 1 is 1.37 bits per heavy atom. The lowest BCUT2D eigenvalue weighted by molar-refractivity contribution is 0.246. The Labute approximate surface area is 117 Å². The summed E-state index contributed by atoms with van der Waals surface area (Å²) >= 11 is 0. The van der Waals surface area contributed by atoms with E-state index >= 15 is 0 Å². The Balaban J connectivity index is 1.88. The molecule has 0 saturated carbocycles. The Hall–Kier alpha value is -0.800. The summed E-state index contributed by atoms with van der Waals surface area (Å²) in [5, 5.41) is 0. The highest BCUT2D eigenvalue weighted by atomic mass is 16.3. The zero-order chi connectivity index (χ0) is 13.7. The van der Waals surface area contributed by atoms with Crippen LogP contribution in [-0.4, -0.2) is 18.0 Å². The van der Waals surface area contributed by atoms with Crippen LogP contribution in [0.2, 0.25) is 0 Å². The number of nitrogens with two attached hydrogens (primary N) is 1. The maximum Gasteiger partial charge on any atom is 0.120 e. The summed E-state index contributed by atoms with van der Waals surface area (Å²) in [7, 11) is 0. The molecule has 1 aliphatic heterocycles. The van der Waals surface area contributed by atoms with Gasteiger partial charge in [0.25, 0.3) is 0 Å². The summed E-state index contributed by atoms with van der Waals surface area (Å²) < 4.78 is 5.81. The molecule has 1 aromatic heterocycles. The quantitative estimate of drug-likeness (QED) is 0.885. The highest BCUT2D eigenvalue weighted by Crippen LogP contribution is 2.23. The number of rotatable bonds is 5. The summed E-state index contributed by atoms with van der Waals surface area (Å²) in [6.45, 7) is 8.24. The third-order valence-electron chi connectivity index (χ3n) is 4.27. The number of hydrogen-bond acceptors (Lipinski definition) is 3. The molecule has 3 nitrogen and oxygen atoms in total. The molecule has 0 radical (unpaired) electrons. The fourth-order valence-electron chi connectivity index (χ4n) is 3.17. The number of furan rings is 1. The highest BCUT2D eigenvalue weighted by molar-refractivity contribution is 5.19. The maximum atomic E-state index is 5.81. The molecule has 0 spiro atoms. The van der Waals surface area contributed by atoms with E-state index in [1.54, 1.807) is 0 Å². The average Bonchev–Trinajstić information content (AvgIpc) is 2.59. The van der Waals surface area contributed by atoms with Crippen molar-refractivity contribution >= 4 is 0 Å². The second-order valence-electron chi connectivity index (χ2n) is 5.88. The van der Waals surface area contributed by atoms with Crippen LogP contribution in [0.25, 0.3) is 0 Å². The first-order chi connectivity index (χ1) is 9.22. The lowest BCUT2D eigenvalue weighted by Crippen LogP contribution is -2.24. The summed E-state index contributed by atoms with van der Waals surface area (Å²) in [4.78, 5) is 2.54. The van der Waals surface area contributed by atoms with Gasteiger partial charge in [0.05, 0.1) is 13.1 Å². The number of nitrogens with zero attached hydrogens (tertiary/aromatic N) is 1. The first kappa shape index (κ1) is 14.6. The molecule has 1 unspecified atom stereocenters. The molecule has 0 bridgehead atoms. The van der Waals surface area contributed by atoms with Gasteiger partial charge in [0.1, 0.15) is 11.5 Å². The molecule has 2 N–H and O–H groups in total. The van der Waals surface area contributed by atoms with Gasteiger partial charge in [0, 0.05) is 0 Å². The molecule has 1 saturated heterocycles. The first-order valence-electron chi connectivity index (χ1n) is 7.73. The van der Waals surface area contributed by atoms with Crippen molar-refractivity contribution in [3.63, 3.8) is 0 Å². The minimum absolute atomic E-state index is 0.504. The van der Waals surface area contributed by atoms with Crippen molar-refractivity contribution in [2.24, 2.45) is 11.7 Å². The Bertz CT molecular complexity index is 386. The van der Waals surface area contributed by atoms with Crippen LogP contribution in [0.5, 0.6) is 0 Å². The van der Waals surface area contributed by atoms with Gasteiger partial charge in [-0.2, -0.15) is 0 Å². The third kappa shape index (κ3) is 4.08. The van der Waals surface area contributed by atoms with Crippen molar-refractivity contribution in [3.8, 4) is 0 Å². The average molecular weight is 264 g/mol. The zero-order valence-corrected chi connectivity index (χ0v) is 12.5. The maximum absolute atomic E-state index is 5.81. The molecule has 2 rings (SSSR count). The van der Waals surface area contributed by atoms with Gasteiger partial charge in [-0.05, 0) is 56.8 Å². The molecule has 108 valence electrons. The van der Waals surface area contributed by atoms with E-state index in [0.717, 1.165) is 24.0 Å². The SMILES string of the molecule is CCCC1CCCN(Cc2cc(C)c(CN)o2)CC1. The van der Waals surface area contributed by atoms with E-state index in [1.807, 2.05) is 0 Å². The van der Waals surface area contributed by atoms with E-state index in [0.29, 0.717) is 6.54 Å². The number of aryl methyl sites for hydroxylation is 1. The molecule has 0 amide bonds. The van der Waals surface area contributed by atoms with Crippen LogP contribution in [0, 0.1) is 12.8 Å². The number of hydrogen-bond donors (Lipinski definition) is 1. The molecular weight excluding hydrogens is 236 g/mol. The topological polar surface area (TPSA) is 42.4 Å². The molecule has 1 fully saturated rings. The summed E-state index contributed by atoms with van der Waals surface area (Å²) in [6, 6.07) is 2.15. The van der Waals surface area contributed by atoms with Gasteiger partial charge in [0.15, 0.2) is 0 Å². The minimum Gasteiger partial charge on any atom is -0.463 e. The second kappa shape index (κ2) is 7.11. The lowest BCUT2D eigenvalue weighted by Gasteiger charge is -2.18. The Kier molecular flexibility index (Phi) is 5.46. The van der Waals surface area contributed by atoms with E-state index in [4.69, 9.17) is 10.2 Å². The largest absolute Gasteiger partial charge is 0.463 e. The van der Waals surface area contributed by atoms with Gasteiger partial charge in [-0.25, -0.2) is 0 Å². The van der Waals surface area contributed by atoms with Crippen molar-refractivity contribution in [1.82, 2.24) is 4.90 Å². The number of likely N-dealkylation sites (tertiary alicyclic amines) is 1. The zero-order valence-electron chi connectivity index (χ0n) is 12.5. The molecule has 3 heteroatoms. The van der Waals surface area contributed by atoms with Gasteiger partial charge < -0.3 is 10.2 Å². The Morgan fingerprint density at radius 3 is 2.89 bits per heavy atom. The van der Waals surface area contributed by atoms with E-state index in [9.17, 15) is 0 Å². The van der Waals surface area contributed by atoms with Gasteiger partial charge >= 0.3 is 0 Å². The minimum atomic E-state index is 0.504. The van der Waals surface area contributed by atoms with Crippen LogP contribution in [-0.2, 0) is 13.1 Å². The van der Waals surface area contributed by atoms with Crippen LogP contribution in [0.1, 0.15) is 56.1 Å². The van der Waals surface area contributed by atoms with Crippen LogP contribution in [0.3, 0.4) is 0 Å². The van der Waals surface area contributed by atoms with Crippen LogP contribution >= 0.6 is 0 Å². The molecule has 19 heavy (non-hydrogen) atoms. The molecule has 1 aliphatic rings. The van der Waals surface area contributed by atoms with Crippen LogP contribution < -0.4 is 5.73 Å².